The maximum absolute atomic E-state index is 9.60. The number of benzene rings is 1. The van der Waals surface area contributed by atoms with Crippen LogP contribution < -0.4 is 0 Å². The van der Waals surface area contributed by atoms with Crippen molar-refractivity contribution in [3.63, 3.8) is 0 Å². The Morgan fingerprint density at radius 3 is 2.60 bits per heavy atom. The van der Waals surface area contributed by atoms with Gasteiger partial charge in [-0.2, -0.15) is 0 Å². The molecule has 0 N–H and O–H groups in total. The first-order valence-electron chi connectivity index (χ1n) is 8.80. The summed E-state index contributed by atoms with van der Waals surface area (Å²) in [5, 5.41) is 9.60. The van der Waals surface area contributed by atoms with Gasteiger partial charge in [0.15, 0.2) is 0 Å². The number of hydrogen-bond acceptors (Lipinski definition) is 1. The van der Waals surface area contributed by atoms with E-state index in [1.807, 2.05) is 30.4 Å². The Labute approximate surface area is 150 Å². The summed E-state index contributed by atoms with van der Waals surface area (Å²) in [5.41, 5.74) is 5.36. The normalized spacial score (nSPS) is 30.3. The predicted octanol–water partition coefficient (Wildman–Crippen LogP) is 5.66. The summed E-state index contributed by atoms with van der Waals surface area (Å²) >= 11 is 0. The van der Waals surface area contributed by atoms with E-state index in [-0.39, 0.29) is 23.5 Å². The molecule has 0 saturated heterocycles. The summed E-state index contributed by atoms with van der Waals surface area (Å²) in [5.74, 6) is 1.36. The molecule has 2 bridgehead atoms. The zero-order chi connectivity index (χ0) is 17.8. The van der Waals surface area contributed by atoms with Gasteiger partial charge in [-0.1, -0.05) is 43.0 Å². The van der Waals surface area contributed by atoms with Gasteiger partial charge in [0.1, 0.15) is 0 Å². The second-order valence-electron chi connectivity index (χ2n) is 6.96. The summed E-state index contributed by atoms with van der Waals surface area (Å²) in [6.07, 6.45) is 7.40. The van der Waals surface area contributed by atoms with Gasteiger partial charge in [0.2, 0.25) is 0 Å². The molecule has 5 atom stereocenters. The highest BCUT2D eigenvalue weighted by Gasteiger charge is 2.47. The first-order valence-corrected chi connectivity index (χ1v) is 8.80. The molecule has 2 aliphatic rings. The molecule has 0 heterocycles. The Bertz CT molecular complexity index is 796. The van der Waals surface area contributed by atoms with E-state index in [1.54, 1.807) is 0 Å². The van der Waals surface area contributed by atoms with Crippen LogP contribution in [0.1, 0.15) is 30.7 Å². The topological polar surface area (TPSA) is 28.1 Å². The third-order valence-corrected chi connectivity index (χ3v) is 5.86. The molecule has 0 aromatic heterocycles. The van der Waals surface area contributed by atoms with Crippen LogP contribution in [0.25, 0.3) is 4.85 Å². The number of hydrogen-bond donors (Lipinski definition) is 0. The Morgan fingerprint density at radius 2 is 2.00 bits per heavy atom. The van der Waals surface area contributed by atoms with Crippen LogP contribution >= 0.6 is 0 Å². The lowest BCUT2D eigenvalue weighted by Crippen LogP contribution is -2.32. The SMILES string of the molecule is [C-]#[N+]/C(C#N)=C1\[C@H]([C@@H](C=C)c2ccccc2)[C@H]2CC[C@H](C2)[C@@H]1C=C=C. The quantitative estimate of drug-likeness (QED) is 0.304. The molecule has 2 nitrogen and oxygen atoms in total. The molecular formula is C23H22N2. The minimum Gasteiger partial charge on any atom is -0.227 e. The Morgan fingerprint density at radius 1 is 1.28 bits per heavy atom. The third kappa shape index (κ3) is 2.98. The maximum atomic E-state index is 9.60. The van der Waals surface area contributed by atoms with Gasteiger partial charge in [0.25, 0.3) is 5.70 Å². The third-order valence-electron chi connectivity index (χ3n) is 5.86. The van der Waals surface area contributed by atoms with E-state index in [0.717, 1.165) is 24.8 Å². The summed E-state index contributed by atoms with van der Waals surface area (Å²) in [6, 6.07) is 12.5. The lowest BCUT2D eigenvalue weighted by Gasteiger charge is -2.41. The van der Waals surface area contributed by atoms with Crippen molar-refractivity contribution in [3.8, 4) is 6.07 Å². The van der Waals surface area contributed by atoms with Crippen LogP contribution in [0.4, 0.5) is 0 Å². The van der Waals surface area contributed by atoms with Crippen LogP contribution in [0.3, 0.4) is 0 Å². The molecule has 1 aromatic carbocycles. The van der Waals surface area contributed by atoms with Crippen molar-refractivity contribution in [3.05, 3.63) is 89.6 Å². The van der Waals surface area contributed by atoms with Crippen molar-refractivity contribution in [1.82, 2.24) is 0 Å². The highest BCUT2D eigenvalue weighted by Crippen LogP contribution is 2.56. The highest BCUT2D eigenvalue weighted by molar-refractivity contribution is 5.43. The molecule has 0 radical (unpaired) electrons. The first kappa shape index (κ1) is 17.0. The van der Waals surface area contributed by atoms with Gasteiger partial charge in [-0.25, -0.2) is 10.1 Å². The number of fused-ring (bicyclic) bond motifs is 2. The fourth-order valence-corrected chi connectivity index (χ4v) is 4.91. The molecular weight excluding hydrogens is 304 g/mol. The summed E-state index contributed by atoms with van der Waals surface area (Å²) < 4.78 is 0. The number of allylic oxidation sites excluding steroid dienone is 4. The van der Waals surface area contributed by atoms with Gasteiger partial charge >= 0.3 is 0 Å². The second kappa shape index (κ2) is 7.40. The zero-order valence-corrected chi connectivity index (χ0v) is 14.4. The van der Waals surface area contributed by atoms with E-state index in [0.29, 0.717) is 11.8 Å². The predicted molar refractivity (Wildman–Crippen MR) is 100 cm³/mol. The van der Waals surface area contributed by atoms with Crippen molar-refractivity contribution in [2.75, 3.05) is 0 Å². The number of nitrogens with zero attached hydrogens (tertiary/aromatic N) is 2. The van der Waals surface area contributed by atoms with Crippen molar-refractivity contribution in [1.29, 1.82) is 5.26 Å². The molecule has 0 unspecified atom stereocenters. The summed E-state index contributed by atoms with van der Waals surface area (Å²) in [4.78, 5) is 3.59. The van der Waals surface area contributed by atoms with Gasteiger partial charge in [-0.05, 0) is 54.2 Å². The molecule has 2 heteroatoms. The standard InChI is InChI=1S/C23H22N2/c1-4-9-20-17-12-13-18(14-17)22(23(20)21(15-24)25-3)19(5-2)16-10-7-6-8-11-16/h5-11,17-20,22H,1-2,12-14H2/b23-21-/t17-,18+,19+,20+,22+/m1/s1. The Hall–Kier alpha value is -2.80. The van der Waals surface area contributed by atoms with Crippen LogP contribution in [0.2, 0.25) is 0 Å². The Kier molecular flexibility index (Phi) is 5.04. The molecule has 2 aliphatic carbocycles. The summed E-state index contributed by atoms with van der Waals surface area (Å²) in [7, 11) is 0. The summed E-state index contributed by atoms with van der Waals surface area (Å²) in [6.45, 7) is 15.4. The zero-order valence-electron chi connectivity index (χ0n) is 14.4. The molecule has 0 aliphatic heterocycles. The second-order valence-corrected chi connectivity index (χ2v) is 6.96. The fraction of sp³-hybridized carbons (Fsp3) is 0.348. The van der Waals surface area contributed by atoms with E-state index < -0.39 is 0 Å². The van der Waals surface area contributed by atoms with Gasteiger partial charge in [-0.3, -0.25) is 0 Å². The van der Waals surface area contributed by atoms with Crippen molar-refractivity contribution in [2.45, 2.75) is 25.2 Å². The fourth-order valence-electron chi connectivity index (χ4n) is 4.91. The minimum absolute atomic E-state index is 0.0937. The number of rotatable bonds is 4. The van der Waals surface area contributed by atoms with E-state index in [9.17, 15) is 5.26 Å². The van der Waals surface area contributed by atoms with E-state index in [2.05, 4.69) is 41.9 Å². The minimum atomic E-state index is 0.0937. The van der Waals surface area contributed by atoms with Crippen LogP contribution in [0, 0.1) is 41.6 Å². The van der Waals surface area contributed by atoms with Crippen LogP contribution in [0.15, 0.2) is 72.6 Å². The molecule has 25 heavy (non-hydrogen) atoms. The van der Waals surface area contributed by atoms with Crippen LogP contribution in [0.5, 0.6) is 0 Å². The van der Waals surface area contributed by atoms with Gasteiger partial charge in [0, 0.05) is 11.8 Å². The molecule has 0 spiro atoms. The monoisotopic (exact) mass is 326 g/mol. The molecule has 2 saturated carbocycles. The number of nitriles is 1. The Balaban J connectivity index is 2.19. The van der Waals surface area contributed by atoms with Crippen molar-refractivity contribution < 1.29 is 0 Å². The lowest BCUT2D eigenvalue weighted by atomic mass is 9.63. The maximum Gasteiger partial charge on any atom is 0.262 e. The van der Waals surface area contributed by atoms with Crippen molar-refractivity contribution in [2.24, 2.45) is 23.7 Å². The van der Waals surface area contributed by atoms with E-state index in [1.165, 1.54) is 5.56 Å². The van der Waals surface area contributed by atoms with Crippen LogP contribution in [-0.2, 0) is 0 Å². The molecule has 124 valence electrons. The average Bonchev–Trinajstić information content (AvgIpc) is 3.08. The van der Waals surface area contributed by atoms with Gasteiger partial charge in [-0.15, -0.1) is 12.3 Å². The molecule has 2 fully saturated rings. The molecule has 0 amide bonds. The van der Waals surface area contributed by atoms with Crippen molar-refractivity contribution >= 4 is 0 Å². The van der Waals surface area contributed by atoms with Crippen LogP contribution in [-0.4, -0.2) is 0 Å². The van der Waals surface area contributed by atoms with E-state index in [4.69, 9.17) is 6.57 Å². The molecule has 1 aromatic rings. The average molecular weight is 326 g/mol. The largest absolute Gasteiger partial charge is 0.262 e. The first-order chi connectivity index (χ1) is 12.2. The lowest BCUT2D eigenvalue weighted by molar-refractivity contribution is 0.263. The molecule has 3 rings (SSSR count). The van der Waals surface area contributed by atoms with Gasteiger partial charge in [0.05, 0.1) is 12.6 Å². The van der Waals surface area contributed by atoms with E-state index >= 15 is 0 Å². The van der Waals surface area contributed by atoms with Gasteiger partial charge < -0.3 is 0 Å². The smallest absolute Gasteiger partial charge is 0.227 e. The highest BCUT2D eigenvalue weighted by atomic mass is 14.7.